The van der Waals surface area contributed by atoms with E-state index < -0.39 is 0 Å². The molecule has 0 aromatic heterocycles. The number of esters is 1. The average molecular weight is 277 g/mol. The second-order valence-electron chi connectivity index (χ2n) is 5.24. The van der Waals surface area contributed by atoms with Crippen LogP contribution in [0.5, 0.6) is 0 Å². The first-order chi connectivity index (χ1) is 9.75. The monoisotopic (exact) mass is 277 g/mol. The lowest BCUT2D eigenvalue weighted by Gasteiger charge is -2.28. The van der Waals surface area contributed by atoms with Crippen LogP contribution < -0.4 is 0 Å². The molecule has 2 aliphatic heterocycles. The predicted molar refractivity (Wildman–Crippen MR) is 71.3 cm³/mol. The summed E-state index contributed by atoms with van der Waals surface area (Å²) in [5, 5.41) is 1.77. The zero-order valence-corrected chi connectivity index (χ0v) is 11.5. The number of hydrogen-bond acceptors (Lipinski definition) is 5. The third-order valence-corrected chi connectivity index (χ3v) is 3.86. The van der Waals surface area contributed by atoms with Gasteiger partial charge in [0.2, 0.25) is 0 Å². The van der Waals surface area contributed by atoms with Crippen molar-refractivity contribution in [3.63, 3.8) is 0 Å². The fourth-order valence-corrected chi connectivity index (χ4v) is 2.83. The normalized spacial score (nSPS) is 29.9. The fourth-order valence-electron chi connectivity index (χ4n) is 2.83. The molecule has 2 fully saturated rings. The minimum Gasteiger partial charge on any atom is -0.460 e. The molecule has 0 aliphatic carbocycles. The average Bonchev–Trinajstić information content (AvgIpc) is 2.82. The van der Waals surface area contributed by atoms with Gasteiger partial charge >= 0.3 is 5.97 Å². The zero-order valence-electron chi connectivity index (χ0n) is 11.5. The largest absolute Gasteiger partial charge is 0.460 e. The highest BCUT2D eigenvalue weighted by Crippen LogP contribution is 2.32. The summed E-state index contributed by atoms with van der Waals surface area (Å²) in [5.41, 5.74) is 0.997. The van der Waals surface area contributed by atoms with Crippen LogP contribution in [0.1, 0.15) is 18.9 Å². The standard InChI is InChI=1S/C15H19NO4/c1-11-14(13-7-8-18-10-16(13)20-11)15(17)19-9-12-5-3-2-4-6-12/h2-6,11,13-14H,7-10H2,1H3/t11-,13-,14-/m0/s1. The molecule has 0 amide bonds. The minimum atomic E-state index is -0.234. The van der Waals surface area contributed by atoms with E-state index in [1.807, 2.05) is 37.3 Å². The Morgan fingerprint density at radius 3 is 3.00 bits per heavy atom. The summed E-state index contributed by atoms with van der Waals surface area (Å²) >= 11 is 0. The van der Waals surface area contributed by atoms with Crippen LogP contribution in [0.3, 0.4) is 0 Å². The number of nitrogens with zero attached hydrogens (tertiary/aromatic N) is 1. The van der Waals surface area contributed by atoms with Crippen LogP contribution in [-0.4, -0.2) is 36.5 Å². The maximum Gasteiger partial charge on any atom is 0.313 e. The molecule has 2 aliphatic rings. The molecule has 0 N–H and O–H groups in total. The molecule has 3 rings (SSSR count). The van der Waals surface area contributed by atoms with Crippen LogP contribution in [0.2, 0.25) is 0 Å². The number of benzene rings is 1. The molecular weight excluding hydrogens is 258 g/mol. The van der Waals surface area contributed by atoms with Crippen molar-refractivity contribution < 1.29 is 19.1 Å². The predicted octanol–water partition coefficient (Wildman–Crippen LogP) is 1.73. The first-order valence-electron chi connectivity index (χ1n) is 6.97. The van der Waals surface area contributed by atoms with Gasteiger partial charge in [-0.3, -0.25) is 9.63 Å². The van der Waals surface area contributed by atoms with Gasteiger partial charge in [-0.15, -0.1) is 0 Å². The van der Waals surface area contributed by atoms with Gasteiger partial charge in [0, 0.05) is 0 Å². The van der Waals surface area contributed by atoms with E-state index >= 15 is 0 Å². The fraction of sp³-hybridized carbons (Fsp3) is 0.533. The molecule has 0 saturated carbocycles. The molecule has 0 bridgehead atoms. The van der Waals surface area contributed by atoms with Crippen LogP contribution in [0.25, 0.3) is 0 Å². The third kappa shape index (κ3) is 2.70. The number of rotatable bonds is 3. The van der Waals surface area contributed by atoms with Crippen molar-refractivity contribution in [3.05, 3.63) is 35.9 Å². The molecule has 2 saturated heterocycles. The van der Waals surface area contributed by atoms with E-state index in [1.54, 1.807) is 5.06 Å². The highest BCUT2D eigenvalue weighted by Gasteiger charge is 2.47. The van der Waals surface area contributed by atoms with Gasteiger partial charge < -0.3 is 9.47 Å². The van der Waals surface area contributed by atoms with Crippen LogP contribution in [0.15, 0.2) is 30.3 Å². The van der Waals surface area contributed by atoms with E-state index in [0.717, 1.165) is 12.0 Å². The topological polar surface area (TPSA) is 48.0 Å². The van der Waals surface area contributed by atoms with Gasteiger partial charge in [0.15, 0.2) is 0 Å². The molecule has 20 heavy (non-hydrogen) atoms. The van der Waals surface area contributed by atoms with Crippen molar-refractivity contribution in [2.45, 2.75) is 32.1 Å². The van der Waals surface area contributed by atoms with Gasteiger partial charge in [-0.1, -0.05) is 30.3 Å². The van der Waals surface area contributed by atoms with Gasteiger partial charge in [0.05, 0.1) is 18.8 Å². The molecule has 1 aromatic rings. The first kappa shape index (κ1) is 13.5. The number of fused-ring (bicyclic) bond motifs is 1. The van der Waals surface area contributed by atoms with E-state index in [4.69, 9.17) is 14.3 Å². The van der Waals surface area contributed by atoms with E-state index in [-0.39, 0.29) is 24.0 Å². The Balaban J connectivity index is 1.61. The van der Waals surface area contributed by atoms with Crippen molar-refractivity contribution in [1.29, 1.82) is 0 Å². The maximum atomic E-state index is 12.3. The third-order valence-electron chi connectivity index (χ3n) is 3.86. The highest BCUT2D eigenvalue weighted by atomic mass is 16.7. The Kier molecular flexibility index (Phi) is 4.00. The molecule has 5 heteroatoms. The maximum absolute atomic E-state index is 12.3. The zero-order chi connectivity index (χ0) is 13.9. The summed E-state index contributed by atoms with van der Waals surface area (Å²) in [7, 11) is 0. The van der Waals surface area contributed by atoms with Crippen molar-refractivity contribution in [3.8, 4) is 0 Å². The molecule has 0 spiro atoms. The number of hydrogen-bond donors (Lipinski definition) is 0. The van der Waals surface area contributed by atoms with Gasteiger partial charge in [0.25, 0.3) is 0 Å². The molecule has 0 radical (unpaired) electrons. The van der Waals surface area contributed by atoms with E-state index in [2.05, 4.69) is 0 Å². The molecular formula is C15H19NO4. The molecule has 108 valence electrons. The van der Waals surface area contributed by atoms with Crippen LogP contribution in [-0.2, 0) is 25.7 Å². The second kappa shape index (κ2) is 5.91. The summed E-state index contributed by atoms with van der Waals surface area (Å²) in [5.74, 6) is -0.418. The lowest BCUT2D eigenvalue weighted by atomic mass is 9.93. The van der Waals surface area contributed by atoms with E-state index in [0.29, 0.717) is 19.9 Å². The lowest BCUT2D eigenvalue weighted by molar-refractivity contribution is -0.227. The van der Waals surface area contributed by atoms with Crippen LogP contribution in [0, 0.1) is 5.92 Å². The molecule has 5 nitrogen and oxygen atoms in total. The van der Waals surface area contributed by atoms with Crippen molar-refractivity contribution in [2.24, 2.45) is 5.92 Å². The summed E-state index contributed by atoms with van der Waals surface area (Å²) in [4.78, 5) is 18.0. The number of ether oxygens (including phenoxy) is 2. The van der Waals surface area contributed by atoms with Gasteiger partial charge in [0.1, 0.15) is 19.3 Å². The molecule has 0 unspecified atom stereocenters. The van der Waals surface area contributed by atoms with Crippen LogP contribution in [0.4, 0.5) is 0 Å². The highest BCUT2D eigenvalue weighted by molar-refractivity contribution is 5.74. The van der Waals surface area contributed by atoms with E-state index in [1.165, 1.54) is 0 Å². The number of carbonyl (C=O) groups excluding carboxylic acids is 1. The lowest BCUT2D eigenvalue weighted by Crippen LogP contribution is -2.42. The number of hydroxylamine groups is 2. The molecule has 2 heterocycles. The summed E-state index contributed by atoms with van der Waals surface area (Å²) in [6.45, 7) is 3.32. The quantitative estimate of drug-likeness (QED) is 0.787. The Hall–Kier alpha value is -1.43. The summed E-state index contributed by atoms with van der Waals surface area (Å²) in [6.07, 6.45) is 0.639. The van der Waals surface area contributed by atoms with Gasteiger partial charge in [-0.05, 0) is 18.9 Å². The van der Waals surface area contributed by atoms with Crippen LogP contribution >= 0.6 is 0 Å². The summed E-state index contributed by atoms with van der Waals surface area (Å²) < 4.78 is 10.8. The minimum absolute atomic E-state index is 0.0713. The Morgan fingerprint density at radius 2 is 2.20 bits per heavy atom. The van der Waals surface area contributed by atoms with Gasteiger partial charge in [-0.25, -0.2) is 0 Å². The Labute approximate surface area is 118 Å². The SMILES string of the molecule is C[C@@H]1ON2COCC[C@H]2[C@H]1C(=O)OCc1ccccc1. The smallest absolute Gasteiger partial charge is 0.313 e. The molecule has 3 atom stereocenters. The van der Waals surface area contributed by atoms with E-state index in [9.17, 15) is 4.79 Å². The van der Waals surface area contributed by atoms with Crippen molar-refractivity contribution in [1.82, 2.24) is 5.06 Å². The van der Waals surface area contributed by atoms with Gasteiger partial charge in [-0.2, -0.15) is 5.06 Å². The first-order valence-corrected chi connectivity index (χ1v) is 6.97. The Bertz CT molecular complexity index is 464. The summed E-state index contributed by atoms with van der Waals surface area (Å²) in [6, 6.07) is 9.78. The molecule has 1 aromatic carbocycles. The second-order valence-corrected chi connectivity index (χ2v) is 5.24. The van der Waals surface area contributed by atoms with Crippen molar-refractivity contribution >= 4 is 5.97 Å². The van der Waals surface area contributed by atoms with Crippen molar-refractivity contribution in [2.75, 3.05) is 13.3 Å². The Morgan fingerprint density at radius 1 is 1.40 bits per heavy atom. The number of carbonyl (C=O) groups is 1.